The Morgan fingerprint density at radius 2 is 2.10 bits per heavy atom. The van der Waals surface area contributed by atoms with Crippen LogP contribution in [0.3, 0.4) is 0 Å². The van der Waals surface area contributed by atoms with Crippen molar-refractivity contribution in [3.05, 3.63) is 35.9 Å². The molecule has 2 rings (SSSR count). The zero-order chi connectivity index (χ0) is 15.1. The van der Waals surface area contributed by atoms with Gasteiger partial charge < -0.3 is 14.7 Å². The molecule has 1 heterocycles. The van der Waals surface area contributed by atoms with E-state index in [9.17, 15) is 5.11 Å². The van der Waals surface area contributed by atoms with E-state index in [1.807, 2.05) is 18.2 Å². The lowest BCUT2D eigenvalue weighted by Gasteiger charge is -2.32. The number of ether oxygens (including phenoxy) is 1. The number of rotatable bonds is 7. The molecule has 21 heavy (non-hydrogen) atoms. The van der Waals surface area contributed by atoms with Gasteiger partial charge in [-0.3, -0.25) is 0 Å². The third-order valence-corrected chi connectivity index (χ3v) is 4.24. The Kier molecular flexibility index (Phi) is 6.68. The average Bonchev–Trinajstić information content (AvgIpc) is 2.49. The molecule has 3 atom stereocenters. The molecule has 0 radical (unpaired) electrons. The summed E-state index contributed by atoms with van der Waals surface area (Å²) in [7, 11) is 0. The second-order valence-electron chi connectivity index (χ2n) is 6.30. The van der Waals surface area contributed by atoms with Crippen molar-refractivity contribution in [2.45, 2.75) is 45.3 Å². The number of piperidine rings is 1. The number of aliphatic hydroxyl groups is 1. The standard InChI is InChI=1S/C18H29NO2/c1-3-18(16-9-5-4-6-10-16)21-14-17(20)13-19-11-7-8-15(2)12-19/h4-6,9-10,15,17-18,20H,3,7-8,11-14H2,1-2H3/t15-,17-,18+/m1/s1. The Morgan fingerprint density at radius 3 is 2.76 bits per heavy atom. The summed E-state index contributed by atoms with van der Waals surface area (Å²) < 4.78 is 5.93. The van der Waals surface area contributed by atoms with E-state index in [-0.39, 0.29) is 6.10 Å². The van der Waals surface area contributed by atoms with Gasteiger partial charge in [0.2, 0.25) is 0 Å². The van der Waals surface area contributed by atoms with E-state index in [1.165, 1.54) is 18.4 Å². The Balaban J connectivity index is 1.76. The van der Waals surface area contributed by atoms with E-state index >= 15 is 0 Å². The molecule has 0 spiro atoms. The van der Waals surface area contributed by atoms with Gasteiger partial charge in [0, 0.05) is 13.1 Å². The van der Waals surface area contributed by atoms with E-state index in [0.29, 0.717) is 6.61 Å². The highest BCUT2D eigenvalue weighted by Crippen LogP contribution is 2.21. The molecule has 3 heteroatoms. The van der Waals surface area contributed by atoms with Gasteiger partial charge in [-0.05, 0) is 37.3 Å². The molecule has 1 aliphatic heterocycles. The summed E-state index contributed by atoms with van der Waals surface area (Å²) in [5.74, 6) is 0.750. The molecule has 0 saturated carbocycles. The van der Waals surface area contributed by atoms with Crippen molar-refractivity contribution in [2.75, 3.05) is 26.2 Å². The molecule has 0 bridgehead atoms. The van der Waals surface area contributed by atoms with Crippen LogP contribution in [0, 0.1) is 5.92 Å². The second-order valence-corrected chi connectivity index (χ2v) is 6.30. The molecule has 1 saturated heterocycles. The van der Waals surface area contributed by atoms with Crippen molar-refractivity contribution in [2.24, 2.45) is 5.92 Å². The fraction of sp³-hybridized carbons (Fsp3) is 0.667. The smallest absolute Gasteiger partial charge is 0.0900 e. The third kappa shape index (κ3) is 5.42. The van der Waals surface area contributed by atoms with E-state index in [4.69, 9.17) is 4.74 Å². The number of aliphatic hydroxyl groups excluding tert-OH is 1. The Bertz CT molecular complexity index is 395. The van der Waals surface area contributed by atoms with E-state index < -0.39 is 6.10 Å². The number of hydrogen-bond acceptors (Lipinski definition) is 3. The van der Waals surface area contributed by atoms with Gasteiger partial charge in [-0.2, -0.15) is 0 Å². The first-order valence-corrected chi connectivity index (χ1v) is 8.26. The minimum atomic E-state index is -0.395. The monoisotopic (exact) mass is 291 g/mol. The van der Waals surface area contributed by atoms with Gasteiger partial charge in [-0.25, -0.2) is 0 Å². The lowest BCUT2D eigenvalue weighted by Crippen LogP contribution is -2.40. The van der Waals surface area contributed by atoms with Gasteiger partial charge in [0.1, 0.15) is 0 Å². The van der Waals surface area contributed by atoms with Gasteiger partial charge in [0.15, 0.2) is 0 Å². The lowest BCUT2D eigenvalue weighted by molar-refractivity contribution is -0.0271. The maximum Gasteiger partial charge on any atom is 0.0900 e. The van der Waals surface area contributed by atoms with E-state index in [2.05, 4.69) is 30.9 Å². The fourth-order valence-corrected chi connectivity index (χ4v) is 3.15. The van der Waals surface area contributed by atoms with Crippen LogP contribution in [0.15, 0.2) is 30.3 Å². The summed E-state index contributed by atoms with van der Waals surface area (Å²) in [5, 5.41) is 10.2. The minimum absolute atomic E-state index is 0.0844. The van der Waals surface area contributed by atoms with Crippen molar-refractivity contribution in [3.63, 3.8) is 0 Å². The molecule has 0 aliphatic carbocycles. The highest BCUT2D eigenvalue weighted by atomic mass is 16.5. The number of nitrogens with zero attached hydrogens (tertiary/aromatic N) is 1. The SMILES string of the molecule is CC[C@H](OC[C@H](O)CN1CCC[C@@H](C)C1)c1ccccc1. The van der Waals surface area contributed by atoms with Gasteiger partial charge >= 0.3 is 0 Å². The zero-order valence-electron chi connectivity index (χ0n) is 13.4. The van der Waals surface area contributed by atoms with E-state index in [1.54, 1.807) is 0 Å². The predicted octanol–water partition coefficient (Wildman–Crippen LogP) is 3.25. The van der Waals surface area contributed by atoms with Crippen LogP contribution in [-0.4, -0.2) is 42.4 Å². The Morgan fingerprint density at radius 1 is 1.33 bits per heavy atom. The number of β-amino-alcohol motifs (C(OH)–C–C–N with tert-alkyl or cyclic N) is 1. The van der Waals surface area contributed by atoms with Crippen molar-refractivity contribution < 1.29 is 9.84 Å². The molecule has 0 amide bonds. The van der Waals surface area contributed by atoms with Gasteiger partial charge in [-0.1, -0.05) is 44.2 Å². The van der Waals surface area contributed by atoms with Crippen LogP contribution in [0.25, 0.3) is 0 Å². The van der Waals surface area contributed by atoms with Gasteiger partial charge in [-0.15, -0.1) is 0 Å². The Labute approximate surface area is 128 Å². The zero-order valence-corrected chi connectivity index (χ0v) is 13.4. The average molecular weight is 291 g/mol. The van der Waals surface area contributed by atoms with Crippen LogP contribution in [0.2, 0.25) is 0 Å². The predicted molar refractivity (Wildman–Crippen MR) is 86.3 cm³/mol. The molecule has 0 aromatic heterocycles. The van der Waals surface area contributed by atoms with Gasteiger partial charge in [0.25, 0.3) is 0 Å². The summed E-state index contributed by atoms with van der Waals surface area (Å²) in [6.45, 7) is 7.77. The first-order valence-electron chi connectivity index (χ1n) is 8.26. The van der Waals surface area contributed by atoms with Crippen LogP contribution in [0.4, 0.5) is 0 Å². The summed E-state index contributed by atoms with van der Waals surface area (Å²) in [6.07, 6.45) is 3.18. The highest BCUT2D eigenvalue weighted by molar-refractivity contribution is 5.17. The van der Waals surface area contributed by atoms with E-state index in [0.717, 1.165) is 32.0 Å². The molecule has 1 aromatic carbocycles. The molecule has 1 aliphatic rings. The summed E-state index contributed by atoms with van der Waals surface area (Å²) in [6, 6.07) is 10.3. The Hall–Kier alpha value is -0.900. The van der Waals surface area contributed by atoms with Crippen molar-refractivity contribution >= 4 is 0 Å². The molecular formula is C18H29NO2. The minimum Gasteiger partial charge on any atom is -0.389 e. The van der Waals surface area contributed by atoms with Crippen LogP contribution in [0.5, 0.6) is 0 Å². The maximum absolute atomic E-state index is 10.2. The summed E-state index contributed by atoms with van der Waals surface area (Å²) in [4.78, 5) is 2.37. The molecule has 1 fully saturated rings. The van der Waals surface area contributed by atoms with Crippen LogP contribution in [0.1, 0.15) is 44.8 Å². The first kappa shape index (κ1) is 16.5. The van der Waals surface area contributed by atoms with Crippen LogP contribution in [-0.2, 0) is 4.74 Å². The van der Waals surface area contributed by atoms with Crippen molar-refractivity contribution in [3.8, 4) is 0 Å². The molecule has 1 aromatic rings. The van der Waals surface area contributed by atoms with Crippen molar-refractivity contribution in [1.82, 2.24) is 4.90 Å². The molecule has 3 nitrogen and oxygen atoms in total. The number of benzene rings is 1. The molecular weight excluding hydrogens is 262 g/mol. The summed E-state index contributed by atoms with van der Waals surface area (Å²) >= 11 is 0. The molecule has 1 N–H and O–H groups in total. The fourth-order valence-electron chi connectivity index (χ4n) is 3.15. The highest BCUT2D eigenvalue weighted by Gasteiger charge is 2.20. The molecule has 118 valence electrons. The number of likely N-dealkylation sites (tertiary alicyclic amines) is 1. The third-order valence-electron chi connectivity index (χ3n) is 4.24. The second kappa shape index (κ2) is 8.52. The summed E-state index contributed by atoms with van der Waals surface area (Å²) in [5.41, 5.74) is 1.19. The normalized spacial score (nSPS) is 22.9. The quantitative estimate of drug-likeness (QED) is 0.837. The lowest BCUT2D eigenvalue weighted by atomic mass is 10.00. The largest absolute Gasteiger partial charge is 0.389 e. The maximum atomic E-state index is 10.2. The van der Waals surface area contributed by atoms with Crippen molar-refractivity contribution in [1.29, 1.82) is 0 Å². The van der Waals surface area contributed by atoms with Gasteiger partial charge in [0.05, 0.1) is 18.8 Å². The number of hydrogen-bond donors (Lipinski definition) is 1. The van der Waals surface area contributed by atoms with Crippen LogP contribution >= 0.6 is 0 Å². The molecule has 0 unspecified atom stereocenters. The first-order chi connectivity index (χ1) is 10.2. The topological polar surface area (TPSA) is 32.7 Å². The van der Waals surface area contributed by atoms with Crippen LogP contribution < -0.4 is 0 Å².